The van der Waals surface area contributed by atoms with Gasteiger partial charge in [0.05, 0.1) is 11.4 Å². The minimum absolute atomic E-state index is 0.326. The fraction of sp³-hybridized carbons (Fsp3) is 0.214. The molecule has 5 nitrogen and oxygen atoms in total. The van der Waals surface area contributed by atoms with E-state index in [2.05, 4.69) is 4.98 Å². The number of rotatable bonds is 2. The zero-order valence-corrected chi connectivity index (χ0v) is 12.4. The van der Waals surface area contributed by atoms with E-state index < -0.39 is 12.0 Å². The third-order valence-corrected chi connectivity index (χ3v) is 4.72. The maximum absolute atomic E-state index is 12.7. The van der Waals surface area contributed by atoms with Crippen molar-refractivity contribution in [1.29, 1.82) is 0 Å². The van der Waals surface area contributed by atoms with Crippen molar-refractivity contribution in [2.24, 2.45) is 0 Å². The van der Waals surface area contributed by atoms with Crippen LogP contribution in [0.4, 0.5) is 0 Å². The summed E-state index contributed by atoms with van der Waals surface area (Å²) in [7, 11) is 0. The van der Waals surface area contributed by atoms with E-state index in [9.17, 15) is 14.7 Å². The quantitative estimate of drug-likeness (QED) is 0.860. The number of thioether (sulfide) groups is 1. The first-order valence-corrected chi connectivity index (χ1v) is 7.77. The van der Waals surface area contributed by atoms with Crippen LogP contribution in [0.3, 0.4) is 0 Å². The van der Waals surface area contributed by atoms with Crippen molar-refractivity contribution in [3.8, 4) is 0 Å². The van der Waals surface area contributed by atoms with Gasteiger partial charge in [0.2, 0.25) is 0 Å². The molecule has 1 atom stereocenters. The molecule has 1 unspecified atom stereocenters. The highest BCUT2D eigenvalue weighted by Crippen LogP contribution is 2.28. The minimum atomic E-state index is -0.987. The zero-order chi connectivity index (χ0) is 15.0. The first kappa shape index (κ1) is 14.2. The minimum Gasteiger partial charge on any atom is -0.480 e. The van der Waals surface area contributed by atoms with Crippen molar-refractivity contribution in [2.75, 3.05) is 11.6 Å². The summed E-state index contributed by atoms with van der Waals surface area (Å²) in [6, 6.07) is 6.40. The molecule has 0 radical (unpaired) electrons. The Bertz CT molecular complexity index is 737. The van der Waals surface area contributed by atoms with Gasteiger partial charge in [0, 0.05) is 17.3 Å². The Hall–Kier alpha value is -1.79. The van der Waals surface area contributed by atoms with Gasteiger partial charge in [0.1, 0.15) is 11.2 Å². The maximum atomic E-state index is 12.7. The number of pyridine rings is 1. The molecule has 1 fully saturated rings. The molecule has 0 bridgehead atoms. The predicted molar refractivity (Wildman–Crippen MR) is 81.7 cm³/mol. The lowest BCUT2D eigenvalue weighted by Crippen LogP contribution is -2.41. The van der Waals surface area contributed by atoms with Crippen LogP contribution < -0.4 is 0 Å². The normalized spacial score (nSPS) is 18.1. The van der Waals surface area contributed by atoms with Gasteiger partial charge in [0.25, 0.3) is 5.91 Å². The monoisotopic (exact) mass is 322 g/mol. The molecule has 2 aromatic rings. The summed E-state index contributed by atoms with van der Waals surface area (Å²) < 4.78 is 0. The van der Waals surface area contributed by atoms with E-state index >= 15 is 0 Å². The fourth-order valence-corrected chi connectivity index (χ4v) is 3.69. The van der Waals surface area contributed by atoms with Crippen LogP contribution >= 0.6 is 23.4 Å². The number of aromatic nitrogens is 1. The number of carboxylic acids is 1. The number of carboxylic acid groups (broad SMARTS) is 1. The average molecular weight is 323 g/mol. The molecule has 0 spiro atoms. The standard InChI is InChI=1S/C14H11ClN2O3S/c15-12-9-4-2-1-3-8(9)10(5-16-12)13(18)17-7-21-6-11(17)14(19)20/h1-5,11H,6-7H2,(H,19,20). The third kappa shape index (κ3) is 2.45. The molecule has 1 amide bonds. The molecular weight excluding hydrogens is 312 g/mol. The first-order chi connectivity index (χ1) is 10.1. The highest BCUT2D eigenvalue weighted by molar-refractivity contribution is 7.99. The molecule has 1 aliphatic heterocycles. The summed E-state index contributed by atoms with van der Waals surface area (Å²) in [5.41, 5.74) is 0.378. The molecule has 1 aromatic heterocycles. The Morgan fingerprint density at radius 3 is 2.76 bits per heavy atom. The molecule has 3 rings (SSSR count). The summed E-state index contributed by atoms with van der Waals surface area (Å²) in [5.74, 6) is -0.542. The van der Waals surface area contributed by atoms with E-state index in [0.29, 0.717) is 33.1 Å². The molecule has 1 saturated heterocycles. The lowest BCUT2D eigenvalue weighted by molar-refractivity contribution is -0.140. The Labute approximate surface area is 129 Å². The number of amides is 1. The van der Waals surface area contributed by atoms with Crippen LogP contribution in [0.1, 0.15) is 10.4 Å². The van der Waals surface area contributed by atoms with Gasteiger partial charge in [-0.3, -0.25) is 4.79 Å². The number of carbonyl (C=O) groups is 2. The van der Waals surface area contributed by atoms with Gasteiger partial charge in [0.15, 0.2) is 0 Å². The molecule has 0 saturated carbocycles. The molecule has 21 heavy (non-hydrogen) atoms. The summed E-state index contributed by atoms with van der Waals surface area (Å²) in [5, 5.41) is 10.9. The Kier molecular flexibility index (Phi) is 3.73. The van der Waals surface area contributed by atoms with Crippen LogP contribution in [0.2, 0.25) is 5.15 Å². The van der Waals surface area contributed by atoms with Crippen molar-refractivity contribution in [3.05, 3.63) is 41.2 Å². The number of nitrogens with zero attached hydrogens (tertiary/aromatic N) is 2. The molecule has 7 heteroatoms. The van der Waals surface area contributed by atoms with Gasteiger partial charge in [-0.2, -0.15) is 0 Å². The molecule has 2 heterocycles. The Morgan fingerprint density at radius 2 is 2.05 bits per heavy atom. The number of hydrogen-bond donors (Lipinski definition) is 1. The molecule has 0 aliphatic carbocycles. The van der Waals surface area contributed by atoms with E-state index in [1.165, 1.54) is 22.9 Å². The molecule has 1 N–H and O–H groups in total. The lowest BCUT2D eigenvalue weighted by atomic mass is 10.1. The van der Waals surface area contributed by atoms with E-state index in [1.54, 1.807) is 12.1 Å². The third-order valence-electron chi connectivity index (χ3n) is 3.41. The van der Waals surface area contributed by atoms with Gasteiger partial charge in [-0.25, -0.2) is 9.78 Å². The van der Waals surface area contributed by atoms with Gasteiger partial charge in [-0.1, -0.05) is 35.9 Å². The number of fused-ring (bicyclic) bond motifs is 1. The Morgan fingerprint density at radius 1 is 1.33 bits per heavy atom. The largest absolute Gasteiger partial charge is 0.480 e. The topological polar surface area (TPSA) is 70.5 Å². The van der Waals surface area contributed by atoms with Gasteiger partial charge < -0.3 is 10.0 Å². The second kappa shape index (κ2) is 5.54. The lowest BCUT2D eigenvalue weighted by Gasteiger charge is -2.21. The number of carbonyl (C=O) groups excluding carboxylic acids is 1. The molecule has 1 aliphatic rings. The SMILES string of the molecule is O=C(O)C1CSCN1C(=O)c1cnc(Cl)c2ccccc12. The smallest absolute Gasteiger partial charge is 0.327 e. The maximum Gasteiger partial charge on any atom is 0.327 e. The van der Waals surface area contributed by atoms with E-state index in [0.717, 1.165) is 0 Å². The number of aliphatic carboxylic acids is 1. The molecular formula is C14H11ClN2O3S. The predicted octanol–water partition coefficient (Wildman–Crippen LogP) is 2.49. The summed E-state index contributed by atoms with van der Waals surface area (Å²) in [6.07, 6.45) is 1.41. The summed E-state index contributed by atoms with van der Waals surface area (Å²) in [4.78, 5) is 29.3. The highest BCUT2D eigenvalue weighted by atomic mass is 35.5. The molecule has 108 valence electrons. The Balaban J connectivity index is 2.06. The summed E-state index contributed by atoms with van der Waals surface area (Å²) in [6.45, 7) is 0. The van der Waals surface area contributed by atoms with Crippen LogP contribution in [0.5, 0.6) is 0 Å². The van der Waals surface area contributed by atoms with Crippen LogP contribution in [-0.2, 0) is 4.79 Å². The van der Waals surface area contributed by atoms with E-state index in [-0.39, 0.29) is 5.91 Å². The van der Waals surface area contributed by atoms with Gasteiger partial charge in [-0.05, 0) is 5.39 Å². The van der Waals surface area contributed by atoms with Crippen LogP contribution in [0.25, 0.3) is 10.8 Å². The zero-order valence-electron chi connectivity index (χ0n) is 10.8. The van der Waals surface area contributed by atoms with Crippen LogP contribution in [0, 0.1) is 0 Å². The van der Waals surface area contributed by atoms with Crippen molar-refractivity contribution >= 4 is 46.0 Å². The van der Waals surface area contributed by atoms with Gasteiger partial charge >= 0.3 is 5.97 Å². The summed E-state index contributed by atoms with van der Waals surface area (Å²) >= 11 is 7.47. The van der Waals surface area contributed by atoms with Crippen molar-refractivity contribution in [2.45, 2.75) is 6.04 Å². The highest BCUT2D eigenvalue weighted by Gasteiger charge is 2.35. The molecule has 1 aromatic carbocycles. The number of hydrogen-bond acceptors (Lipinski definition) is 4. The van der Waals surface area contributed by atoms with Crippen LogP contribution in [0.15, 0.2) is 30.5 Å². The number of benzene rings is 1. The van der Waals surface area contributed by atoms with Crippen molar-refractivity contribution < 1.29 is 14.7 Å². The average Bonchev–Trinajstić information content (AvgIpc) is 2.97. The van der Waals surface area contributed by atoms with Gasteiger partial charge in [-0.15, -0.1) is 11.8 Å². The van der Waals surface area contributed by atoms with Crippen LogP contribution in [-0.4, -0.2) is 44.5 Å². The second-order valence-electron chi connectivity index (χ2n) is 4.64. The first-order valence-electron chi connectivity index (χ1n) is 6.24. The van der Waals surface area contributed by atoms with E-state index in [1.807, 2.05) is 12.1 Å². The number of halogens is 1. The van der Waals surface area contributed by atoms with E-state index in [4.69, 9.17) is 11.6 Å². The van der Waals surface area contributed by atoms with Crippen molar-refractivity contribution in [3.63, 3.8) is 0 Å². The second-order valence-corrected chi connectivity index (χ2v) is 5.99. The fourth-order valence-electron chi connectivity index (χ4n) is 2.33. The van der Waals surface area contributed by atoms with Crippen molar-refractivity contribution in [1.82, 2.24) is 9.88 Å².